The van der Waals surface area contributed by atoms with Gasteiger partial charge in [-0.2, -0.15) is 0 Å². The zero-order chi connectivity index (χ0) is 6.57. The van der Waals surface area contributed by atoms with Crippen LogP contribution in [0, 0.1) is 0 Å². The Labute approximate surface area is 51.5 Å². The van der Waals surface area contributed by atoms with E-state index in [-0.39, 0.29) is 6.42 Å². The van der Waals surface area contributed by atoms with Crippen LogP contribution in [-0.4, -0.2) is 11.9 Å². The standard InChI is InChI=1S/C4H7F3S/c5-3(6)1-2-4(7)8/h3-4,8H,1-2H2. The van der Waals surface area contributed by atoms with Crippen LogP contribution in [0.15, 0.2) is 0 Å². The van der Waals surface area contributed by atoms with Crippen molar-refractivity contribution in [3.8, 4) is 0 Å². The van der Waals surface area contributed by atoms with Gasteiger partial charge < -0.3 is 0 Å². The van der Waals surface area contributed by atoms with E-state index in [1.807, 2.05) is 0 Å². The molecule has 0 amide bonds. The smallest absolute Gasteiger partial charge is 0.236 e. The molecule has 50 valence electrons. The van der Waals surface area contributed by atoms with Gasteiger partial charge in [0.2, 0.25) is 6.43 Å². The maximum absolute atomic E-state index is 11.6. The minimum atomic E-state index is -2.40. The molecular weight excluding hydrogens is 137 g/mol. The molecule has 0 saturated carbocycles. The van der Waals surface area contributed by atoms with Crippen molar-refractivity contribution in [1.29, 1.82) is 0 Å². The second-order valence-electron chi connectivity index (χ2n) is 1.40. The Morgan fingerprint density at radius 3 is 1.75 bits per heavy atom. The third kappa shape index (κ3) is 6.14. The molecule has 0 aromatic carbocycles. The normalized spacial score (nSPS) is 14.6. The van der Waals surface area contributed by atoms with Gasteiger partial charge >= 0.3 is 0 Å². The summed E-state index contributed by atoms with van der Waals surface area (Å²) in [5.41, 5.74) is -1.40. The first-order valence-corrected chi connectivity index (χ1v) is 2.75. The van der Waals surface area contributed by atoms with Crippen LogP contribution in [-0.2, 0) is 0 Å². The molecule has 0 radical (unpaired) electrons. The Morgan fingerprint density at radius 1 is 1.12 bits per heavy atom. The molecule has 0 aliphatic rings. The van der Waals surface area contributed by atoms with Crippen LogP contribution in [0.1, 0.15) is 12.8 Å². The molecule has 0 rings (SSSR count). The zero-order valence-corrected chi connectivity index (χ0v) is 5.04. The highest BCUT2D eigenvalue weighted by Gasteiger charge is 2.05. The van der Waals surface area contributed by atoms with Crippen molar-refractivity contribution in [2.24, 2.45) is 0 Å². The van der Waals surface area contributed by atoms with Crippen LogP contribution in [0.4, 0.5) is 13.2 Å². The van der Waals surface area contributed by atoms with Gasteiger partial charge in [0, 0.05) is 6.42 Å². The first-order chi connectivity index (χ1) is 3.63. The van der Waals surface area contributed by atoms with Crippen LogP contribution >= 0.6 is 12.6 Å². The highest BCUT2D eigenvalue weighted by atomic mass is 32.1. The van der Waals surface area contributed by atoms with Gasteiger partial charge in [-0.05, 0) is 6.42 Å². The largest absolute Gasteiger partial charge is 0.238 e. The van der Waals surface area contributed by atoms with Crippen molar-refractivity contribution in [2.75, 3.05) is 0 Å². The number of rotatable bonds is 3. The summed E-state index contributed by atoms with van der Waals surface area (Å²) in [5.74, 6) is 0. The lowest BCUT2D eigenvalue weighted by Gasteiger charge is -1.97. The van der Waals surface area contributed by atoms with Crippen molar-refractivity contribution in [1.82, 2.24) is 0 Å². The van der Waals surface area contributed by atoms with Crippen LogP contribution < -0.4 is 0 Å². The van der Waals surface area contributed by atoms with Crippen molar-refractivity contribution < 1.29 is 13.2 Å². The van der Waals surface area contributed by atoms with Crippen molar-refractivity contribution >= 4 is 12.6 Å². The summed E-state index contributed by atoms with van der Waals surface area (Å²) >= 11 is 3.27. The van der Waals surface area contributed by atoms with Crippen molar-refractivity contribution in [2.45, 2.75) is 24.8 Å². The van der Waals surface area contributed by atoms with E-state index in [9.17, 15) is 13.2 Å². The van der Waals surface area contributed by atoms with Gasteiger partial charge in [-0.15, -0.1) is 12.6 Å². The van der Waals surface area contributed by atoms with Crippen LogP contribution in [0.25, 0.3) is 0 Å². The summed E-state index contributed by atoms with van der Waals surface area (Å²) in [7, 11) is 0. The average molecular weight is 144 g/mol. The Hall–Kier alpha value is 0.140. The first-order valence-electron chi connectivity index (χ1n) is 2.23. The lowest BCUT2D eigenvalue weighted by Crippen LogP contribution is -1.95. The molecule has 1 atom stereocenters. The number of hydrogen-bond donors (Lipinski definition) is 1. The topological polar surface area (TPSA) is 0 Å². The Bertz CT molecular complexity index is 47.2. The number of halogens is 3. The second kappa shape index (κ2) is 4.06. The molecule has 8 heavy (non-hydrogen) atoms. The SMILES string of the molecule is FC(F)CCC(F)S. The van der Waals surface area contributed by atoms with E-state index in [0.717, 1.165) is 0 Å². The molecule has 0 fully saturated rings. The van der Waals surface area contributed by atoms with Gasteiger partial charge in [0.25, 0.3) is 0 Å². The highest BCUT2D eigenvalue weighted by molar-refractivity contribution is 7.80. The fourth-order valence-corrected chi connectivity index (χ4v) is 0.413. The maximum Gasteiger partial charge on any atom is 0.238 e. The minimum absolute atomic E-state index is 0.166. The maximum atomic E-state index is 11.6. The Kier molecular flexibility index (Phi) is 4.13. The molecule has 0 saturated heterocycles. The van der Waals surface area contributed by atoms with Crippen molar-refractivity contribution in [3.05, 3.63) is 0 Å². The van der Waals surface area contributed by atoms with Crippen LogP contribution in [0.2, 0.25) is 0 Å². The van der Waals surface area contributed by atoms with Crippen LogP contribution in [0.3, 0.4) is 0 Å². The predicted octanol–water partition coefficient (Wildman–Crippen LogP) is 2.26. The summed E-state index contributed by atoms with van der Waals surface area (Å²) < 4.78 is 34.0. The van der Waals surface area contributed by atoms with Crippen LogP contribution in [0.5, 0.6) is 0 Å². The molecule has 0 spiro atoms. The van der Waals surface area contributed by atoms with Gasteiger partial charge in [0.1, 0.15) is 5.50 Å². The monoisotopic (exact) mass is 144 g/mol. The zero-order valence-electron chi connectivity index (χ0n) is 4.15. The molecule has 0 aromatic heterocycles. The summed E-state index contributed by atoms with van der Waals surface area (Å²) in [5, 5.41) is 0. The second-order valence-corrected chi connectivity index (χ2v) is 1.96. The molecule has 0 N–H and O–H groups in total. The fourth-order valence-electron chi connectivity index (χ4n) is 0.264. The van der Waals surface area contributed by atoms with E-state index in [2.05, 4.69) is 12.6 Å². The highest BCUT2D eigenvalue weighted by Crippen LogP contribution is 2.10. The average Bonchev–Trinajstić information content (AvgIpc) is 1.61. The van der Waals surface area contributed by atoms with E-state index in [1.54, 1.807) is 0 Å². The van der Waals surface area contributed by atoms with Gasteiger partial charge in [0.15, 0.2) is 0 Å². The molecular formula is C4H7F3S. The van der Waals surface area contributed by atoms with E-state index in [4.69, 9.17) is 0 Å². The van der Waals surface area contributed by atoms with E-state index in [1.165, 1.54) is 0 Å². The Morgan fingerprint density at radius 2 is 1.62 bits per heavy atom. The molecule has 4 heteroatoms. The van der Waals surface area contributed by atoms with Gasteiger partial charge in [-0.1, -0.05) is 0 Å². The lowest BCUT2D eigenvalue weighted by molar-refractivity contribution is 0.129. The molecule has 0 bridgehead atoms. The van der Waals surface area contributed by atoms with Crippen molar-refractivity contribution in [3.63, 3.8) is 0 Å². The predicted molar refractivity (Wildman–Crippen MR) is 29.1 cm³/mol. The summed E-state index contributed by atoms with van der Waals surface area (Å²) in [6.45, 7) is 0. The first kappa shape index (κ1) is 8.14. The number of hydrogen-bond acceptors (Lipinski definition) is 1. The van der Waals surface area contributed by atoms with Gasteiger partial charge in [-0.3, -0.25) is 0 Å². The summed E-state index contributed by atoms with van der Waals surface area (Å²) in [4.78, 5) is 0. The lowest BCUT2D eigenvalue weighted by atomic mass is 10.3. The molecule has 0 nitrogen and oxygen atoms in total. The Balaban J connectivity index is 2.93. The van der Waals surface area contributed by atoms with Gasteiger partial charge in [0.05, 0.1) is 0 Å². The summed E-state index contributed by atoms with van der Waals surface area (Å²) in [6.07, 6.45) is -2.97. The third-order valence-electron chi connectivity index (χ3n) is 0.623. The molecule has 0 aliphatic carbocycles. The number of alkyl halides is 3. The fraction of sp³-hybridized carbons (Fsp3) is 1.00. The molecule has 0 aliphatic heterocycles. The van der Waals surface area contributed by atoms with Gasteiger partial charge in [-0.25, -0.2) is 13.2 Å². The third-order valence-corrected chi connectivity index (χ3v) is 0.881. The quantitative estimate of drug-likeness (QED) is 0.577. The molecule has 0 aromatic rings. The van der Waals surface area contributed by atoms with E-state index >= 15 is 0 Å². The number of thiol groups is 1. The molecule has 1 unspecified atom stereocenters. The summed E-state index contributed by atoms with van der Waals surface area (Å²) in [6, 6.07) is 0. The minimum Gasteiger partial charge on any atom is -0.236 e. The van der Waals surface area contributed by atoms with E-state index < -0.39 is 18.3 Å². The molecule has 0 heterocycles. The van der Waals surface area contributed by atoms with E-state index in [0.29, 0.717) is 0 Å².